The number of halogens is 1. The van der Waals surface area contributed by atoms with Crippen molar-refractivity contribution < 1.29 is 13.9 Å². The summed E-state index contributed by atoms with van der Waals surface area (Å²) in [6.45, 7) is 3.76. The van der Waals surface area contributed by atoms with Gasteiger partial charge in [-0.15, -0.1) is 0 Å². The molecule has 0 aliphatic rings. The van der Waals surface area contributed by atoms with Crippen LogP contribution in [0.3, 0.4) is 0 Å². The highest BCUT2D eigenvalue weighted by Crippen LogP contribution is 2.24. The van der Waals surface area contributed by atoms with E-state index in [0.717, 1.165) is 6.20 Å². The largest absolute Gasteiger partial charge is 0.493 e. The first-order valence-corrected chi connectivity index (χ1v) is 5.82. The van der Waals surface area contributed by atoms with E-state index in [0.29, 0.717) is 5.75 Å². The first-order chi connectivity index (χ1) is 9.06. The second-order valence-corrected chi connectivity index (χ2v) is 4.28. The highest BCUT2D eigenvalue weighted by Gasteiger charge is 2.24. The van der Waals surface area contributed by atoms with Gasteiger partial charge in [-0.2, -0.15) is 5.10 Å². The van der Waals surface area contributed by atoms with Crippen LogP contribution in [0.1, 0.15) is 35.9 Å². The zero-order chi connectivity index (χ0) is 14.0. The van der Waals surface area contributed by atoms with Crippen molar-refractivity contribution in [1.82, 2.24) is 14.8 Å². The lowest BCUT2D eigenvalue weighted by atomic mass is 10.1. The molecule has 0 unspecified atom stereocenters. The molecule has 2 rings (SSSR count). The molecule has 0 bridgehead atoms. The molecule has 2 heterocycles. The lowest BCUT2D eigenvalue weighted by molar-refractivity contribution is 0.102. The number of carbonyl (C=O) groups is 1. The molecular formula is C13H14FN3O2. The zero-order valence-corrected chi connectivity index (χ0v) is 10.9. The number of hydrogen-bond acceptors (Lipinski definition) is 4. The molecule has 19 heavy (non-hydrogen) atoms. The highest BCUT2D eigenvalue weighted by atomic mass is 19.1. The Morgan fingerprint density at radius 1 is 1.42 bits per heavy atom. The van der Waals surface area contributed by atoms with Crippen LogP contribution < -0.4 is 4.74 Å². The third kappa shape index (κ3) is 2.33. The first kappa shape index (κ1) is 13.2. The zero-order valence-electron chi connectivity index (χ0n) is 10.9. The van der Waals surface area contributed by atoms with Gasteiger partial charge in [0.25, 0.3) is 0 Å². The number of aromatic nitrogens is 3. The molecule has 0 aromatic carbocycles. The average Bonchev–Trinajstić information content (AvgIpc) is 2.82. The van der Waals surface area contributed by atoms with Crippen molar-refractivity contribution in [2.75, 3.05) is 7.11 Å². The SMILES string of the molecule is COc1cnn(C(C)C)c1C(=O)c1ccncc1F. The van der Waals surface area contributed by atoms with Gasteiger partial charge in [-0.25, -0.2) is 4.39 Å². The summed E-state index contributed by atoms with van der Waals surface area (Å²) in [6.07, 6.45) is 3.83. The minimum Gasteiger partial charge on any atom is -0.493 e. The number of methoxy groups -OCH3 is 1. The van der Waals surface area contributed by atoms with Crippen molar-refractivity contribution in [1.29, 1.82) is 0 Å². The van der Waals surface area contributed by atoms with Gasteiger partial charge in [-0.05, 0) is 19.9 Å². The maximum Gasteiger partial charge on any atom is 0.217 e. The molecule has 2 aromatic rings. The number of nitrogens with zero attached hydrogens (tertiary/aromatic N) is 3. The van der Waals surface area contributed by atoms with Crippen molar-refractivity contribution in [3.05, 3.63) is 41.7 Å². The summed E-state index contributed by atoms with van der Waals surface area (Å²) in [5, 5.41) is 4.10. The van der Waals surface area contributed by atoms with Crippen LogP contribution in [0.2, 0.25) is 0 Å². The van der Waals surface area contributed by atoms with Crippen LogP contribution in [-0.4, -0.2) is 27.7 Å². The van der Waals surface area contributed by atoms with E-state index in [1.165, 1.54) is 30.3 Å². The van der Waals surface area contributed by atoms with Crippen LogP contribution in [0, 0.1) is 5.82 Å². The Kier molecular flexibility index (Phi) is 3.59. The Bertz CT molecular complexity index is 608. The molecule has 5 nitrogen and oxygen atoms in total. The maximum absolute atomic E-state index is 13.6. The van der Waals surface area contributed by atoms with Crippen molar-refractivity contribution in [3.63, 3.8) is 0 Å². The van der Waals surface area contributed by atoms with Gasteiger partial charge < -0.3 is 4.74 Å². The summed E-state index contributed by atoms with van der Waals surface area (Å²) < 4.78 is 20.3. The predicted molar refractivity (Wildman–Crippen MR) is 66.8 cm³/mol. The predicted octanol–water partition coefficient (Wildman–Crippen LogP) is 2.24. The molecule has 0 atom stereocenters. The standard InChI is InChI=1S/C13H14FN3O2/c1-8(2)17-12(11(19-3)7-16-17)13(18)9-4-5-15-6-10(9)14/h4-8H,1-3H3. The van der Waals surface area contributed by atoms with Crippen LogP contribution in [0.4, 0.5) is 4.39 Å². The molecule has 0 aliphatic carbocycles. The van der Waals surface area contributed by atoms with Gasteiger partial charge >= 0.3 is 0 Å². The van der Waals surface area contributed by atoms with Gasteiger partial charge in [0.05, 0.1) is 25.1 Å². The molecule has 100 valence electrons. The summed E-state index contributed by atoms with van der Waals surface area (Å²) in [5.74, 6) is -0.802. The number of rotatable bonds is 4. The number of ketones is 1. The van der Waals surface area contributed by atoms with E-state index in [-0.39, 0.29) is 17.3 Å². The number of pyridine rings is 1. The second-order valence-electron chi connectivity index (χ2n) is 4.28. The molecule has 0 saturated carbocycles. The molecule has 2 aromatic heterocycles. The van der Waals surface area contributed by atoms with Gasteiger partial charge in [0.1, 0.15) is 0 Å². The molecule has 6 heteroatoms. The summed E-state index contributed by atoms with van der Waals surface area (Å²) >= 11 is 0. The fourth-order valence-corrected chi connectivity index (χ4v) is 1.79. The van der Waals surface area contributed by atoms with Crippen LogP contribution in [0.15, 0.2) is 24.7 Å². The highest BCUT2D eigenvalue weighted by molar-refractivity contribution is 6.09. The van der Waals surface area contributed by atoms with E-state index in [2.05, 4.69) is 10.1 Å². The Balaban J connectivity index is 2.55. The van der Waals surface area contributed by atoms with Crippen molar-refractivity contribution in [2.45, 2.75) is 19.9 Å². The quantitative estimate of drug-likeness (QED) is 0.794. The van der Waals surface area contributed by atoms with E-state index >= 15 is 0 Å². The molecule has 0 N–H and O–H groups in total. The Morgan fingerprint density at radius 3 is 2.74 bits per heavy atom. The fraction of sp³-hybridized carbons (Fsp3) is 0.308. The van der Waals surface area contributed by atoms with Crippen LogP contribution in [-0.2, 0) is 0 Å². The smallest absolute Gasteiger partial charge is 0.217 e. The van der Waals surface area contributed by atoms with E-state index in [9.17, 15) is 9.18 Å². The molecule has 0 spiro atoms. The number of hydrogen-bond donors (Lipinski definition) is 0. The topological polar surface area (TPSA) is 57.0 Å². The summed E-state index contributed by atoms with van der Waals surface area (Å²) in [5.41, 5.74) is 0.193. The Labute approximate surface area is 110 Å². The lowest BCUT2D eigenvalue weighted by Crippen LogP contribution is -2.15. The Hall–Kier alpha value is -2.24. The van der Waals surface area contributed by atoms with Gasteiger partial charge in [0, 0.05) is 12.2 Å². The van der Waals surface area contributed by atoms with Gasteiger partial charge in [0.2, 0.25) is 5.78 Å². The third-order valence-electron chi connectivity index (χ3n) is 2.70. The molecular weight excluding hydrogens is 249 g/mol. The molecule has 0 fully saturated rings. The van der Waals surface area contributed by atoms with Crippen LogP contribution >= 0.6 is 0 Å². The molecule has 0 radical (unpaired) electrons. The molecule has 0 amide bonds. The van der Waals surface area contributed by atoms with Gasteiger partial charge in [0.15, 0.2) is 17.3 Å². The van der Waals surface area contributed by atoms with E-state index in [4.69, 9.17) is 4.74 Å². The first-order valence-electron chi connectivity index (χ1n) is 5.82. The van der Waals surface area contributed by atoms with Gasteiger partial charge in [-0.1, -0.05) is 0 Å². The van der Waals surface area contributed by atoms with E-state index in [1.54, 1.807) is 0 Å². The van der Waals surface area contributed by atoms with Crippen LogP contribution in [0.25, 0.3) is 0 Å². The second kappa shape index (κ2) is 5.17. The van der Waals surface area contributed by atoms with Gasteiger partial charge in [-0.3, -0.25) is 14.5 Å². The number of ether oxygens (including phenoxy) is 1. The normalized spacial score (nSPS) is 10.8. The monoisotopic (exact) mass is 263 g/mol. The van der Waals surface area contributed by atoms with E-state index in [1.807, 2.05) is 13.8 Å². The van der Waals surface area contributed by atoms with E-state index < -0.39 is 11.6 Å². The average molecular weight is 263 g/mol. The van der Waals surface area contributed by atoms with Crippen molar-refractivity contribution in [3.8, 4) is 5.75 Å². The summed E-state index contributed by atoms with van der Waals surface area (Å²) in [4.78, 5) is 16.1. The number of carbonyl (C=O) groups excluding carboxylic acids is 1. The fourth-order valence-electron chi connectivity index (χ4n) is 1.79. The lowest BCUT2D eigenvalue weighted by Gasteiger charge is -2.11. The maximum atomic E-state index is 13.6. The van der Waals surface area contributed by atoms with Crippen LogP contribution in [0.5, 0.6) is 5.75 Å². The molecule has 0 saturated heterocycles. The molecule has 0 aliphatic heterocycles. The minimum absolute atomic E-state index is 0.0345. The van der Waals surface area contributed by atoms with Crippen molar-refractivity contribution in [2.24, 2.45) is 0 Å². The Morgan fingerprint density at radius 2 is 2.16 bits per heavy atom. The summed E-state index contributed by atoms with van der Waals surface area (Å²) in [7, 11) is 1.45. The summed E-state index contributed by atoms with van der Waals surface area (Å²) in [6, 6.07) is 1.31. The van der Waals surface area contributed by atoms with Crippen molar-refractivity contribution >= 4 is 5.78 Å². The third-order valence-corrected chi connectivity index (χ3v) is 2.70. The minimum atomic E-state index is -0.661.